The number of imidazole rings is 1. The lowest BCUT2D eigenvalue weighted by Crippen LogP contribution is -2.41. The third kappa shape index (κ3) is 3.98. The fourth-order valence-electron chi connectivity index (χ4n) is 2.20. The van der Waals surface area contributed by atoms with Gasteiger partial charge in [0, 0.05) is 19.0 Å². The number of carbonyl (C=O) groups excluding carboxylic acids is 1. The molecule has 0 unspecified atom stereocenters. The van der Waals surface area contributed by atoms with Crippen LogP contribution in [0.1, 0.15) is 32.5 Å². The molecule has 5 nitrogen and oxygen atoms in total. The summed E-state index contributed by atoms with van der Waals surface area (Å²) < 4.78 is 0. The summed E-state index contributed by atoms with van der Waals surface area (Å²) in [5.74, 6) is 0.896. The first-order valence-corrected chi connectivity index (χ1v) is 7.17. The van der Waals surface area contributed by atoms with Crippen molar-refractivity contribution in [3.05, 3.63) is 30.1 Å². The summed E-state index contributed by atoms with van der Waals surface area (Å²) in [6.07, 6.45) is 2.77. The average molecular weight is 274 g/mol. The molecule has 1 aromatic heterocycles. The monoisotopic (exact) mass is 274 g/mol. The number of fused-ring (bicyclic) bond motifs is 1. The van der Waals surface area contributed by atoms with Gasteiger partial charge in [-0.05, 0) is 25.5 Å². The number of nitrogens with one attached hydrogen (secondary N) is 3. The van der Waals surface area contributed by atoms with Crippen molar-refractivity contribution >= 4 is 17.1 Å². The van der Waals surface area contributed by atoms with E-state index in [1.165, 1.54) is 0 Å². The molecule has 108 valence electrons. The third-order valence-corrected chi connectivity index (χ3v) is 3.18. The van der Waals surface area contributed by atoms with Crippen molar-refractivity contribution in [3.63, 3.8) is 0 Å². The molecule has 20 heavy (non-hydrogen) atoms. The van der Waals surface area contributed by atoms with Crippen LogP contribution in [0, 0.1) is 0 Å². The van der Waals surface area contributed by atoms with Crippen LogP contribution in [0.15, 0.2) is 24.3 Å². The molecule has 0 aliphatic carbocycles. The molecule has 1 atom stereocenters. The van der Waals surface area contributed by atoms with Crippen molar-refractivity contribution in [2.45, 2.75) is 39.2 Å². The zero-order valence-electron chi connectivity index (χ0n) is 12.1. The van der Waals surface area contributed by atoms with E-state index in [1.807, 2.05) is 31.2 Å². The summed E-state index contributed by atoms with van der Waals surface area (Å²) in [5.41, 5.74) is 1.99. The Kier molecular flexibility index (Phi) is 4.98. The number of aromatic nitrogens is 2. The maximum Gasteiger partial charge on any atom is 0.315 e. The minimum atomic E-state index is -0.109. The molecule has 0 fully saturated rings. The van der Waals surface area contributed by atoms with E-state index >= 15 is 0 Å². The molecular formula is C15H22N4O. The number of rotatable bonds is 6. The summed E-state index contributed by atoms with van der Waals surface area (Å²) in [4.78, 5) is 19.4. The van der Waals surface area contributed by atoms with Crippen molar-refractivity contribution in [2.24, 2.45) is 0 Å². The van der Waals surface area contributed by atoms with Crippen LogP contribution < -0.4 is 10.6 Å². The number of nitrogens with zero attached hydrogens (tertiary/aromatic N) is 1. The normalized spacial score (nSPS) is 12.3. The Balaban J connectivity index is 1.76. The van der Waals surface area contributed by atoms with Gasteiger partial charge in [-0.1, -0.05) is 25.5 Å². The van der Waals surface area contributed by atoms with Crippen LogP contribution >= 0.6 is 0 Å². The number of amides is 2. The molecule has 0 aliphatic heterocycles. The number of benzene rings is 1. The van der Waals surface area contributed by atoms with E-state index < -0.39 is 0 Å². The standard InChI is InChI=1S/C15H22N4O/c1-3-6-11(2)17-15(20)16-10-9-14-18-12-7-4-5-8-13(12)19-14/h4-5,7-8,11H,3,6,9-10H2,1-2H3,(H,18,19)(H2,16,17,20)/t11-/m1/s1. The number of hydrogen-bond donors (Lipinski definition) is 3. The van der Waals surface area contributed by atoms with Gasteiger partial charge < -0.3 is 15.6 Å². The number of hydrogen-bond acceptors (Lipinski definition) is 2. The van der Waals surface area contributed by atoms with E-state index in [1.54, 1.807) is 0 Å². The quantitative estimate of drug-likeness (QED) is 0.757. The van der Waals surface area contributed by atoms with E-state index in [4.69, 9.17) is 0 Å². The summed E-state index contributed by atoms with van der Waals surface area (Å²) in [6.45, 7) is 4.70. The highest BCUT2D eigenvalue weighted by Crippen LogP contribution is 2.10. The van der Waals surface area contributed by atoms with E-state index in [0.29, 0.717) is 13.0 Å². The predicted octanol–water partition coefficient (Wildman–Crippen LogP) is 2.59. The number of para-hydroxylation sites is 2. The van der Waals surface area contributed by atoms with Gasteiger partial charge in [-0.3, -0.25) is 0 Å². The summed E-state index contributed by atoms with van der Waals surface area (Å²) >= 11 is 0. The smallest absolute Gasteiger partial charge is 0.315 e. The molecule has 0 radical (unpaired) electrons. The Morgan fingerprint density at radius 2 is 2.20 bits per heavy atom. The van der Waals surface area contributed by atoms with E-state index in [9.17, 15) is 4.79 Å². The molecule has 0 bridgehead atoms. The number of carbonyl (C=O) groups is 1. The van der Waals surface area contributed by atoms with Crippen LogP contribution in [0.4, 0.5) is 4.79 Å². The van der Waals surface area contributed by atoms with Gasteiger partial charge in [0.05, 0.1) is 11.0 Å². The van der Waals surface area contributed by atoms with E-state index in [2.05, 4.69) is 27.5 Å². The predicted molar refractivity (Wildman–Crippen MR) is 80.7 cm³/mol. The lowest BCUT2D eigenvalue weighted by molar-refractivity contribution is 0.237. The molecule has 3 N–H and O–H groups in total. The zero-order valence-corrected chi connectivity index (χ0v) is 12.1. The topological polar surface area (TPSA) is 69.8 Å². The maximum atomic E-state index is 11.6. The second kappa shape index (κ2) is 6.93. The molecule has 2 aromatic rings. The highest BCUT2D eigenvalue weighted by Gasteiger charge is 2.06. The van der Waals surface area contributed by atoms with Crippen molar-refractivity contribution in [1.29, 1.82) is 0 Å². The van der Waals surface area contributed by atoms with Crippen molar-refractivity contribution in [1.82, 2.24) is 20.6 Å². The Labute approximate surface area is 119 Å². The third-order valence-electron chi connectivity index (χ3n) is 3.18. The summed E-state index contributed by atoms with van der Waals surface area (Å²) in [6, 6.07) is 8.02. The minimum absolute atomic E-state index is 0.109. The Morgan fingerprint density at radius 3 is 2.95 bits per heavy atom. The highest BCUT2D eigenvalue weighted by atomic mass is 16.2. The van der Waals surface area contributed by atoms with Crippen LogP contribution in [0.2, 0.25) is 0 Å². The Hall–Kier alpha value is -2.04. The number of aromatic amines is 1. The second-order valence-corrected chi connectivity index (χ2v) is 5.04. The fourth-order valence-corrected chi connectivity index (χ4v) is 2.20. The van der Waals surface area contributed by atoms with Crippen LogP contribution in [-0.2, 0) is 6.42 Å². The lowest BCUT2D eigenvalue weighted by Gasteiger charge is -2.13. The summed E-state index contributed by atoms with van der Waals surface area (Å²) in [7, 11) is 0. The maximum absolute atomic E-state index is 11.6. The van der Waals surface area contributed by atoms with Crippen molar-refractivity contribution in [3.8, 4) is 0 Å². The molecular weight excluding hydrogens is 252 g/mol. The molecule has 2 rings (SSSR count). The molecule has 5 heteroatoms. The number of urea groups is 1. The van der Waals surface area contributed by atoms with Crippen molar-refractivity contribution in [2.75, 3.05) is 6.54 Å². The van der Waals surface area contributed by atoms with E-state index in [-0.39, 0.29) is 12.1 Å². The van der Waals surface area contributed by atoms with Gasteiger partial charge in [0.2, 0.25) is 0 Å². The van der Waals surface area contributed by atoms with Gasteiger partial charge >= 0.3 is 6.03 Å². The molecule has 0 spiro atoms. The fraction of sp³-hybridized carbons (Fsp3) is 0.467. The zero-order chi connectivity index (χ0) is 14.4. The summed E-state index contributed by atoms with van der Waals surface area (Å²) in [5, 5.41) is 5.77. The van der Waals surface area contributed by atoms with Crippen LogP contribution in [-0.4, -0.2) is 28.6 Å². The average Bonchev–Trinajstić information content (AvgIpc) is 2.81. The molecule has 2 amide bonds. The van der Waals surface area contributed by atoms with Gasteiger partial charge in [-0.25, -0.2) is 9.78 Å². The molecule has 1 aromatic carbocycles. The van der Waals surface area contributed by atoms with Crippen molar-refractivity contribution < 1.29 is 4.79 Å². The Morgan fingerprint density at radius 1 is 1.40 bits per heavy atom. The molecule has 0 saturated carbocycles. The number of H-pyrrole nitrogens is 1. The van der Waals surface area contributed by atoms with Gasteiger partial charge in [-0.15, -0.1) is 0 Å². The van der Waals surface area contributed by atoms with Gasteiger partial charge in [0.15, 0.2) is 0 Å². The van der Waals surface area contributed by atoms with Crippen LogP contribution in [0.3, 0.4) is 0 Å². The second-order valence-electron chi connectivity index (χ2n) is 5.04. The van der Waals surface area contributed by atoms with Crippen LogP contribution in [0.25, 0.3) is 11.0 Å². The SMILES string of the molecule is CCC[C@@H](C)NC(=O)NCCc1nc2ccccc2[nH]1. The molecule has 0 aliphatic rings. The van der Waals surface area contributed by atoms with E-state index in [0.717, 1.165) is 29.7 Å². The molecule has 1 heterocycles. The Bertz CT molecular complexity index is 531. The lowest BCUT2D eigenvalue weighted by atomic mass is 10.2. The van der Waals surface area contributed by atoms with Gasteiger partial charge in [0.1, 0.15) is 5.82 Å². The first-order chi connectivity index (χ1) is 9.69. The van der Waals surface area contributed by atoms with Gasteiger partial charge in [0.25, 0.3) is 0 Å². The minimum Gasteiger partial charge on any atom is -0.342 e. The molecule has 0 saturated heterocycles. The largest absolute Gasteiger partial charge is 0.342 e. The van der Waals surface area contributed by atoms with Gasteiger partial charge in [-0.2, -0.15) is 0 Å². The first kappa shape index (κ1) is 14.4. The first-order valence-electron chi connectivity index (χ1n) is 7.17. The van der Waals surface area contributed by atoms with Crippen LogP contribution in [0.5, 0.6) is 0 Å². The highest BCUT2D eigenvalue weighted by molar-refractivity contribution is 5.75.